The lowest BCUT2D eigenvalue weighted by Gasteiger charge is -2.21. The van der Waals surface area contributed by atoms with E-state index in [1.165, 1.54) is 0 Å². The maximum Gasteiger partial charge on any atom is 0.326 e. The Morgan fingerprint density at radius 1 is 1.08 bits per heavy atom. The molecular weight excluding hydrogens is 346 g/mol. The highest BCUT2D eigenvalue weighted by molar-refractivity contribution is 5.92. The molecule has 8 N–H and O–H groups in total. The molecule has 26 heavy (non-hydrogen) atoms. The number of carbonyl (C=O) groups is 5. The maximum absolute atomic E-state index is 12.1. The molecule has 0 saturated heterocycles. The Balaban J connectivity index is 4.71. The molecule has 0 aliphatic heterocycles. The number of carbonyl (C=O) groups excluding carboxylic acids is 4. The third-order valence-corrected chi connectivity index (χ3v) is 3.74. The summed E-state index contributed by atoms with van der Waals surface area (Å²) in [6, 6.07) is -2.16. The lowest BCUT2D eigenvalue weighted by molar-refractivity contribution is -0.143. The van der Waals surface area contributed by atoms with E-state index < -0.39 is 48.2 Å². The number of carboxylic acid groups (broad SMARTS) is 1. The maximum atomic E-state index is 12.1. The number of rotatable bonds is 12. The van der Waals surface area contributed by atoms with Crippen molar-refractivity contribution in [1.29, 1.82) is 0 Å². The van der Waals surface area contributed by atoms with Crippen molar-refractivity contribution >= 4 is 29.6 Å². The average Bonchev–Trinajstić information content (AvgIpc) is 2.59. The van der Waals surface area contributed by atoms with Gasteiger partial charge < -0.3 is 32.5 Å². The molecule has 0 spiro atoms. The molecular formula is C15H27N5O6. The molecule has 0 aromatic carbocycles. The van der Waals surface area contributed by atoms with Gasteiger partial charge in [-0.05, 0) is 12.3 Å². The van der Waals surface area contributed by atoms with Crippen molar-refractivity contribution in [2.24, 2.45) is 17.4 Å². The van der Waals surface area contributed by atoms with E-state index in [1.54, 1.807) is 13.8 Å². The third kappa shape index (κ3) is 8.97. The quantitative estimate of drug-likeness (QED) is 0.216. The number of nitrogens with two attached hydrogens (primary N) is 2. The second-order valence-corrected chi connectivity index (χ2v) is 5.82. The zero-order valence-electron chi connectivity index (χ0n) is 14.9. The van der Waals surface area contributed by atoms with Crippen molar-refractivity contribution in [3.8, 4) is 0 Å². The van der Waals surface area contributed by atoms with Gasteiger partial charge in [-0.2, -0.15) is 0 Å². The van der Waals surface area contributed by atoms with E-state index in [2.05, 4.69) is 16.0 Å². The van der Waals surface area contributed by atoms with Crippen LogP contribution in [0.3, 0.4) is 0 Å². The van der Waals surface area contributed by atoms with Crippen LogP contribution in [-0.4, -0.2) is 59.9 Å². The fourth-order valence-corrected chi connectivity index (χ4v) is 2.01. The topological polar surface area (TPSA) is 194 Å². The Kier molecular flexibility index (Phi) is 10.6. The molecule has 0 aromatic heterocycles. The third-order valence-electron chi connectivity index (χ3n) is 3.74. The van der Waals surface area contributed by atoms with Gasteiger partial charge in [-0.15, -0.1) is 0 Å². The van der Waals surface area contributed by atoms with Gasteiger partial charge in [0.2, 0.25) is 23.6 Å². The minimum Gasteiger partial charge on any atom is -0.480 e. The molecule has 0 heterocycles. The van der Waals surface area contributed by atoms with Crippen LogP contribution in [-0.2, 0) is 24.0 Å². The highest BCUT2D eigenvalue weighted by Gasteiger charge is 2.26. The second-order valence-electron chi connectivity index (χ2n) is 5.82. The van der Waals surface area contributed by atoms with E-state index in [4.69, 9.17) is 16.6 Å². The number of amides is 4. The zero-order valence-corrected chi connectivity index (χ0v) is 14.9. The molecule has 3 atom stereocenters. The first-order chi connectivity index (χ1) is 12.1. The number of carboxylic acids is 1. The minimum atomic E-state index is -1.17. The molecule has 0 fully saturated rings. The predicted octanol–water partition coefficient (Wildman–Crippen LogP) is -2.57. The van der Waals surface area contributed by atoms with Gasteiger partial charge in [-0.3, -0.25) is 19.2 Å². The van der Waals surface area contributed by atoms with Crippen LogP contribution in [0.15, 0.2) is 0 Å². The van der Waals surface area contributed by atoms with E-state index in [1.807, 2.05) is 0 Å². The SMILES string of the molecule is CCC(C)C(NC(=O)CNC(=O)C(CCC(N)=O)NC(=O)CN)C(=O)O. The van der Waals surface area contributed by atoms with Crippen molar-refractivity contribution in [2.45, 2.75) is 45.2 Å². The molecule has 0 aliphatic rings. The molecule has 3 unspecified atom stereocenters. The molecule has 0 radical (unpaired) electrons. The summed E-state index contributed by atoms with van der Waals surface area (Å²) in [4.78, 5) is 57.4. The van der Waals surface area contributed by atoms with Crippen molar-refractivity contribution in [3.63, 3.8) is 0 Å². The fraction of sp³-hybridized carbons (Fsp3) is 0.667. The Morgan fingerprint density at radius 3 is 2.15 bits per heavy atom. The highest BCUT2D eigenvalue weighted by Crippen LogP contribution is 2.07. The van der Waals surface area contributed by atoms with E-state index in [9.17, 15) is 24.0 Å². The lowest BCUT2D eigenvalue weighted by atomic mass is 9.99. The van der Waals surface area contributed by atoms with Crippen LogP contribution >= 0.6 is 0 Å². The van der Waals surface area contributed by atoms with Crippen molar-refractivity contribution in [2.75, 3.05) is 13.1 Å². The predicted molar refractivity (Wildman–Crippen MR) is 91.4 cm³/mol. The zero-order chi connectivity index (χ0) is 20.3. The van der Waals surface area contributed by atoms with Gasteiger partial charge in [0.05, 0.1) is 13.1 Å². The Hall–Kier alpha value is -2.69. The summed E-state index contributed by atoms with van der Waals surface area (Å²) in [5, 5.41) is 16.1. The second kappa shape index (κ2) is 11.8. The highest BCUT2D eigenvalue weighted by atomic mass is 16.4. The van der Waals surface area contributed by atoms with E-state index in [-0.39, 0.29) is 25.3 Å². The van der Waals surface area contributed by atoms with Gasteiger partial charge in [0, 0.05) is 6.42 Å². The first kappa shape index (κ1) is 23.3. The van der Waals surface area contributed by atoms with Crippen LogP contribution in [0.5, 0.6) is 0 Å². The van der Waals surface area contributed by atoms with Gasteiger partial charge in [0.25, 0.3) is 0 Å². The summed E-state index contributed by atoms with van der Waals surface area (Å²) >= 11 is 0. The molecule has 148 valence electrons. The molecule has 0 bridgehead atoms. The van der Waals surface area contributed by atoms with Gasteiger partial charge in [0.1, 0.15) is 12.1 Å². The number of hydrogen-bond donors (Lipinski definition) is 6. The monoisotopic (exact) mass is 373 g/mol. The van der Waals surface area contributed by atoms with E-state index in [0.29, 0.717) is 6.42 Å². The normalized spacial score (nSPS) is 13.8. The molecule has 0 saturated carbocycles. The standard InChI is InChI=1S/C15H27N5O6/c1-3-8(2)13(15(25)26)20-12(23)7-18-14(24)9(4-5-10(17)21)19-11(22)6-16/h8-9,13H,3-7,16H2,1-2H3,(H2,17,21)(H,18,24)(H,19,22)(H,20,23)(H,25,26). The summed E-state index contributed by atoms with van der Waals surface area (Å²) in [6.07, 6.45) is 0.341. The molecule has 4 amide bonds. The van der Waals surface area contributed by atoms with Crippen molar-refractivity contribution in [1.82, 2.24) is 16.0 Å². The van der Waals surface area contributed by atoms with Crippen LogP contribution in [0.4, 0.5) is 0 Å². The lowest BCUT2D eigenvalue weighted by Crippen LogP contribution is -2.52. The van der Waals surface area contributed by atoms with Crippen molar-refractivity contribution in [3.05, 3.63) is 0 Å². The van der Waals surface area contributed by atoms with Gasteiger partial charge in [0.15, 0.2) is 0 Å². The first-order valence-corrected chi connectivity index (χ1v) is 8.19. The van der Waals surface area contributed by atoms with Gasteiger partial charge >= 0.3 is 5.97 Å². The summed E-state index contributed by atoms with van der Waals surface area (Å²) < 4.78 is 0. The summed E-state index contributed by atoms with van der Waals surface area (Å²) in [6.45, 7) is 2.64. The van der Waals surface area contributed by atoms with Crippen molar-refractivity contribution < 1.29 is 29.1 Å². The molecule has 0 aromatic rings. The van der Waals surface area contributed by atoms with Crippen LogP contribution in [0.25, 0.3) is 0 Å². The van der Waals surface area contributed by atoms with Gasteiger partial charge in [-0.25, -0.2) is 4.79 Å². The van der Waals surface area contributed by atoms with Crippen LogP contribution in [0, 0.1) is 5.92 Å². The number of nitrogens with one attached hydrogen (secondary N) is 3. The smallest absolute Gasteiger partial charge is 0.326 e. The minimum absolute atomic E-state index is 0.0564. The fourth-order valence-electron chi connectivity index (χ4n) is 2.01. The molecule has 0 rings (SSSR count). The number of hydrogen-bond acceptors (Lipinski definition) is 6. The Labute approximate surface area is 151 Å². The first-order valence-electron chi connectivity index (χ1n) is 8.19. The molecule has 11 heteroatoms. The van der Waals surface area contributed by atoms with Crippen LogP contribution in [0.2, 0.25) is 0 Å². The average molecular weight is 373 g/mol. The number of aliphatic carboxylic acids is 1. The largest absolute Gasteiger partial charge is 0.480 e. The Morgan fingerprint density at radius 2 is 1.69 bits per heavy atom. The number of primary amides is 1. The van der Waals surface area contributed by atoms with Crippen LogP contribution < -0.4 is 27.4 Å². The van der Waals surface area contributed by atoms with Gasteiger partial charge in [-0.1, -0.05) is 20.3 Å². The molecule has 0 aliphatic carbocycles. The van der Waals surface area contributed by atoms with E-state index in [0.717, 1.165) is 0 Å². The van der Waals surface area contributed by atoms with Crippen LogP contribution in [0.1, 0.15) is 33.1 Å². The summed E-state index contributed by atoms with van der Waals surface area (Å²) in [5.74, 6) is -4.13. The van der Waals surface area contributed by atoms with E-state index >= 15 is 0 Å². The summed E-state index contributed by atoms with van der Waals surface area (Å²) in [7, 11) is 0. The molecule has 11 nitrogen and oxygen atoms in total. The summed E-state index contributed by atoms with van der Waals surface area (Å²) in [5.41, 5.74) is 10.2. The Bertz CT molecular complexity index is 539.